The van der Waals surface area contributed by atoms with Crippen LogP contribution in [-0.2, 0) is 4.79 Å². The summed E-state index contributed by atoms with van der Waals surface area (Å²) < 4.78 is 0. The quantitative estimate of drug-likeness (QED) is 0.855. The molecule has 2 aliphatic rings. The molecular weight excluding hydrogens is 326 g/mol. The summed E-state index contributed by atoms with van der Waals surface area (Å²) in [6.07, 6.45) is 1.03. The molecule has 23 heavy (non-hydrogen) atoms. The van der Waals surface area contributed by atoms with Crippen molar-refractivity contribution >= 4 is 33.7 Å². The summed E-state index contributed by atoms with van der Waals surface area (Å²) >= 11 is 3.54. The molecule has 4 nitrogen and oxygen atoms in total. The van der Waals surface area contributed by atoms with Crippen LogP contribution in [0.3, 0.4) is 0 Å². The smallest absolute Gasteiger partial charge is 0.226 e. The Morgan fingerprint density at radius 1 is 1.22 bits per heavy atom. The fourth-order valence-electron chi connectivity index (χ4n) is 3.27. The van der Waals surface area contributed by atoms with Gasteiger partial charge in [0.15, 0.2) is 5.13 Å². The number of thiophene rings is 1. The molecule has 1 amide bonds. The number of carbonyl (C=O) groups is 1. The lowest BCUT2D eigenvalue weighted by molar-refractivity contribution is -0.132. The third-order valence-corrected chi connectivity index (χ3v) is 6.85. The number of rotatable bonds is 3. The highest BCUT2D eigenvalue weighted by molar-refractivity contribution is 7.13. The van der Waals surface area contributed by atoms with Gasteiger partial charge in [0, 0.05) is 53.1 Å². The van der Waals surface area contributed by atoms with Gasteiger partial charge in [-0.2, -0.15) is 0 Å². The zero-order valence-electron chi connectivity index (χ0n) is 13.5. The maximum atomic E-state index is 12.7. The number of thiazole rings is 1. The minimum absolute atomic E-state index is 0.224. The van der Waals surface area contributed by atoms with Crippen LogP contribution in [0.2, 0.25) is 0 Å². The molecule has 122 valence electrons. The Morgan fingerprint density at radius 2 is 2.00 bits per heavy atom. The second-order valence-corrected chi connectivity index (χ2v) is 8.64. The number of amides is 1. The van der Waals surface area contributed by atoms with Crippen molar-refractivity contribution < 1.29 is 4.79 Å². The molecule has 0 spiro atoms. The van der Waals surface area contributed by atoms with Gasteiger partial charge in [0.1, 0.15) is 0 Å². The average molecular weight is 348 g/mol. The van der Waals surface area contributed by atoms with E-state index in [1.165, 1.54) is 9.75 Å². The molecule has 0 N–H and O–H groups in total. The molecule has 2 unspecified atom stereocenters. The van der Waals surface area contributed by atoms with Crippen molar-refractivity contribution in [3.8, 4) is 0 Å². The normalized spacial score (nSPS) is 24.1. The number of anilines is 1. The highest BCUT2D eigenvalue weighted by Crippen LogP contribution is 2.50. The maximum Gasteiger partial charge on any atom is 0.226 e. The Morgan fingerprint density at radius 3 is 2.61 bits per heavy atom. The number of aromatic nitrogens is 1. The number of piperazine rings is 1. The van der Waals surface area contributed by atoms with Crippen LogP contribution in [0, 0.1) is 19.8 Å². The molecule has 6 heteroatoms. The molecule has 1 aliphatic carbocycles. The first-order chi connectivity index (χ1) is 11.1. The largest absolute Gasteiger partial charge is 0.345 e. The summed E-state index contributed by atoms with van der Waals surface area (Å²) in [6.45, 7) is 7.60. The summed E-state index contributed by atoms with van der Waals surface area (Å²) in [6, 6.07) is 4.36. The standard InChI is InChI=1S/C17H21N3OS2/c1-11-10-22-17(18-11)20-7-5-19(6-8-20)16(21)14-9-13(14)15-4-3-12(2)23-15/h3-4,10,13-14H,5-9H2,1-2H3. The van der Waals surface area contributed by atoms with Gasteiger partial charge in [-0.15, -0.1) is 22.7 Å². The van der Waals surface area contributed by atoms with E-state index >= 15 is 0 Å². The van der Waals surface area contributed by atoms with Crippen LogP contribution >= 0.6 is 22.7 Å². The molecule has 2 fully saturated rings. The van der Waals surface area contributed by atoms with E-state index in [-0.39, 0.29) is 5.92 Å². The van der Waals surface area contributed by atoms with E-state index in [4.69, 9.17) is 0 Å². The number of hydrogen-bond acceptors (Lipinski definition) is 5. The first kappa shape index (κ1) is 15.1. The molecule has 4 rings (SSSR count). The average Bonchev–Trinajstić information content (AvgIpc) is 3.05. The van der Waals surface area contributed by atoms with Crippen LogP contribution in [0.4, 0.5) is 5.13 Å². The van der Waals surface area contributed by atoms with E-state index < -0.39 is 0 Å². The monoisotopic (exact) mass is 347 g/mol. The molecule has 2 atom stereocenters. The van der Waals surface area contributed by atoms with Crippen LogP contribution in [-0.4, -0.2) is 42.0 Å². The number of carbonyl (C=O) groups excluding carboxylic acids is 1. The minimum atomic E-state index is 0.224. The zero-order chi connectivity index (χ0) is 16.0. The molecule has 2 aromatic heterocycles. The van der Waals surface area contributed by atoms with E-state index in [0.29, 0.717) is 11.8 Å². The topological polar surface area (TPSA) is 36.4 Å². The number of nitrogens with zero attached hydrogens (tertiary/aromatic N) is 3. The van der Waals surface area contributed by atoms with Crippen molar-refractivity contribution in [1.82, 2.24) is 9.88 Å². The Bertz CT molecular complexity index is 715. The highest BCUT2D eigenvalue weighted by atomic mass is 32.1. The van der Waals surface area contributed by atoms with Gasteiger partial charge < -0.3 is 9.80 Å². The third-order valence-electron chi connectivity index (χ3n) is 4.70. The molecule has 1 saturated heterocycles. The van der Waals surface area contributed by atoms with Gasteiger partial charge in [0.2, 0.25) is 5.91 Å². The van der Waals surface area contributed by atoms with Gasteiger partial charge in [-0.1, -0.05) is 0 Å². The summed E-state index contributed by atoms with van der Waals surface area (Å²) in [7, 11) is 0. The highest BCUT2D eigenvalue weighted by Gasteiger charge is 2.46. The molecule has 1 saturated carbocycles. The summed E-state index contributed by atoms with van der Waals surface area (Å²) in [5.41, 5.74) is 1.08. The van der Waals surface area contributed by atoms with Crippen molar-refractivity contribution in [2.24, 2.45) is 5.92 Å². The fraction of sp³-hybridized carbons (Fsp3) is 0.529. The maximum absolute atomic E-state index is 12.7. The van der Waals surface area contributed by atoms with Crippen LogP contribution in [0.1, 0.15) is 27.8 Å². The lowest BCUT2D eigenvalue weighted by atomic mass is 10.2. The first-order valence-electron chi connectivity index (χ1n) is 8.14. The molecule has 0 radical (unpaired) electrons. The lowest BCUT2D eigenvalue weighted by Gasteiger charge is -2.34. The SMILES string of the molecule is Cc1csc(N2CCN(C(=O)C3CC3c3ccc(C)s3)CC2)n1. The summed E-state index contributed by atoms with van der Waals surface area (Å²) in [5, 5.41) is 3.18. The molecule has 0 aromatic carbocycles. The van der Waals surface area contributed by atoms with Gasteiger partial charge in [-0.05, 0) is 32.4 Å². The van der Waals surface area contributed by atoms with Gasteiger partial charge >= 0.3 is 0 Å². The predicted octanol–water partition coefficient (Wildman–Crippen LogP) is 3.27. The second kappa shape index (κ2) is 5.91. The van der Waals surface area contributed by atoms with Crippen LogP contribution in [0.25, 0.3) is 0 Å². The van der Waals surface area contributed by atoms with Crippen molar-refractivity contribution in [2.75, 3.05) is 31.1 Å². The summed E-state index contributed by atoms with van der Waals surface area (Å²) in [5.74, 6) is 1.05. The lowest BCUT2D eigenvalue weighted by Crippen LogP contribution is -2.49. The Labute approximate surface area is 144 Å². The van der Waals surface area contributed by atoms with Gasteiger partial charge in [-0.3, -0.25) is 4.79 Å². The van der Waals surface area contributed by atoms with Crippen LogP contribution < -0.4 is 4.90 Å². The number of aryl methyl sites for hydroxylation is 2. The van der Waals surface area contributed by atoms with E-state index in [9.17, 15) is 4.79 Å². The van der Waals surface area contributed by atoms with Gasteiger partial charge in [-0.25, -0.2) is 4.98 Å². The number of hydrogen-bond donors (Lipinski definition) is 0. The van der Waals surface area contributed by atoms with Crippen molar-refractivity contribution in [2.45, 2.75) is 26.2 Å². The molecule has 2 aromatic rings. The third kappa shape index (κ3) is 3.02. The second-order valence-electron chi connectivity index (χ2n) is 6.48. The van der Waals surface area contributed by atoms with Gasteiger partial charge in [0.05, 0.1) is 5.69 Å². The molecular formula is C17H21N3OS2. The minimum Gasteiger partial charge on any atom is -0.345 e. The molecule has 3 heterocycles. The van der Waals surface area contributed by atoms with Crippen molar-refractivity contribution in [3.63, 3.8) is 0 Å². The Hall–Kier alpha value is -1.40. The van der Waals surface area contributed by atoms with E-state index in [1.54, 1.807) is 11.3 Å². The molecule has 0 bridgehead atoms. The fourth-order valence-corrected chi connectivity index (χ4v) is 5.19. The van der Waals surface area contributed by atoms with E-state index in [2.05, 4.69) is 39.2 Å². The Balaban J connectivity index is 1.33. The van der Waals surface area contributed by atoms with Crippen LogP contribution in [0.5, 0.6) is 0 Å². The molecule has 1 aliphatic heterocycles. The predicted molar refractivity (Wildman–Crippen MR) is 95.5 cm³/mol. The van der Waals surface area contributed by atoms with Crippen molar-refractivity contribution in [1.29, 1.82) is 0 Å². The van der Waals surface area contributed by atoms with Crippen molar-refractivity contribution in [3.05, 3.63) is 33.0 Å². The van der Waals surface area contributed by atoms with E-state index in [1.807, 2.05) is 18.3 Å². The van der Waals surface area contributed by atoms with Crippen LogP contribution in [0.15, 0.2) is 17.5 Å². The summed E-state index contributed by atoms with van der Waals surface area (Å²) in [4.78, 5) is 24.3. The van der Waals surface area contributed by atoms with Gasteiger partial charge in [0.25, 0.3) is 0 Å². The first-order valence-corrected chi connectivity index (χ1v) is 9.83. The Kier molecular flexibility index (Phi) is 3.89. The van der Waals surface area contributed by atoms with E-state index in [0.717, 1.165) is 43.4 Å². The zero-order valence-corrected chi connectivity index (χ0v) is 15.1.